The van der Waals surface area contributed by atoms with E-state index in [-0.39, 0.29) is 0 Å². The fourth-order valence-corrected chi connectivity index (χ4v) is 4.71. The highest BCUT2D eigenvalue weighted by Gasteiger charge is 2.31. The normalized spacial score (nSPS) is 17.3. The molecule has 3 heterocycles. The maximum Gasteiger partial charge on any atom is 0.255 e. The molecule has 184 valence electrons. The minimum absolute atomic E-state index is 0.391. The zero-order valence-electron chi connectivity index (χ0n) is 21.1. The van der Waals surface area contributed by atoms with Gasteiger partial charge in [-0.15, -0.1) is 0 Å². The predicted molar refractivity (Wildman–Crippen MR) is 141 cm³/mol. The molecule has 1 aliphatic rings. The van der Waals surface area contributed by atoms with Gasteiger partial charge >= 0.3 is 0 Å². The van der Waals surface area contributed by atoms with Gasteiger partial charge in [-0.05, 0) is 80.6 Å². The van der Waals surface area contributed by atoms with Gasteiger partial charge in [-0.2, -0.15) is 25.1 Å². The third-order valence-electron chi connectivity index (χ3n) is 6.60. The van der Waals surface area contributed by atoms with Crippen molar-refractivity contribution in [2.75, 3.05) is 18.0 Å². The Morgan fingerprint density at radius 3 is 1.94 bits per heavy atom. The molecule has 1 aliphatic carbocycles. The van der Waals surface area contributed by atoms with Crippen LogP contribution < -0.4 is 10.6 Å². The molecule has 2 N–H and O–H groups in total. The second-order valence-electron chi connectivity index (χ2n) is 9.02. The van der Waals surface area contributed by atoms with Gasteiger partial charge in [0.25, 0.3) is 11.9 Å². The summed E-state index contributed by atoms with van der Waals surface area (Å²) in [6.45, 7) is 10.7. The lowest BCUT2D eigenvalue weighted by Gasteiger charge is -2.28. The zero-order chi connectivity index (χ0) is 25.3. The Balaban J connectivity index is 1.50. The molecule has 0 aliphatic heterocycles. The zero-order valence-corrected chi connectivity index (χ0v) is 21.1. The second-order valence-corrected chi connectivity index (χ2v) is 9.02. The largest absolute Gasteiger partial charge is 0.372 e. The molecule has 0 radical (unpaired) electrons. The van der Waals surface area contributed by atoms with Crippen LogP contribution in [0.5, 0.6) is 0 Å². The minimum atomic E-state index is -0.890. The van der Waals surface area contributed by atoms with Gasteiger partial charge in [0.2, 0.25) is 0 Å². The molecule has 1 atom stereocenters. The van der Waals surface area contributed by atoms with Gasteiger partial charge in [0, 0.05) is 43.6 Å². The highest BCUT2D eigenvalue weighted by atomic mass is 15.4. The summed E-state index contributed by atoms with van der Waals surface area (Å²) in [5.41, 5.74) is 12.2. The van der Waals surface area contributed by atoms with Crippen LogP contribution in [-0.4, -0.2) is 47.6 Å². The van der Waals surface area contributed by atoms with Crippen LogP contribution in [0.3, 0.4) is 0 Å². The van der Waals surface area contributed by atoms with E-state index in [2.05, 4.69) is 82.0 Å². The molecule has 9 nitrogen and oxygen atoms in total. The van der Waals surface area contributed by atoms with Gasteiger partial charge in [-0.3, -0.25) is 0 Å². The van der Waals surface area contributed by atoms with Crippen LogP contribution in [0.1, 0.15) is 42.8 Å². The maximum absolute atomic E-state index is 6.89. The standard InChI is InChI=1S/C27H31N9/c1-5-34(6-2)22-17-19(3)23(20(4)18-22)21-9-11-27(28,12-10-21)24-31-25(35-15-7-13-29-35)33-26(32-24)36-16-8-14-30-36/h7-11,13-18H,5-6,12,28H2,1-4H3. The molecule has 3 aromatic heterocycles. The Bertz CT molecular complexity index is 1340. The lowest BCUT2D eigenvalue weighted by atomic mass is 9.84. The fraction of sp³-hybridized carbons (Fsp3) is 0.296. The van der Waals surface area contributed by atoms with E-state index in [1.165, 1.54) is 22.4 Å². The predicted octanol–water partition coefficient (Wildman–Crippen LogP) is 3.90. The van der Waals surface area contributed by atoms with Crippen molar-refractivity contribution in [1.29, 1.82) is 0 Å². The third-order valence-corrected chi connectivity index (χ3v) is 6.60. The molecule has 0 saturated heterocycles. The number of hydrogen-bond acceptors (Lipinski definition) is 7. The molecule has 0 fully saturated rings. The lowest BCUT2D eigenvalue weighted by molar-refractivity contribution is 0.515. The summed E-state index contributed by atoms with van der Waals surface area (Å²) in [5, 5.41) is 8.56. The van der Waals surface area contributed by atoms with Crippen molar-refractivity contribution < 1.29 is 0 Å². The topological polar surface area (TPSA) is 104 Å². The first kappa shape index (κ1) is 23.6. The monoisotopic (exact) mass is 481 g/mol. The van der Waals surface area contributed by atoms with E-state index in [1.807, 2.05) is 18.2 Å². The van der Waals surface area contributed by atoms with Crippen molar-refractivity contribution in [3.63, 3.8) is 0 Å². The third kappa shape index (κ3) is 4.33. The van der Waals surface area contributed by atoms with Crippen LogP contribution in [-0.2, 0) is 5.54 Å². The first-order chi connectivity index (χ1) is 17.4. The molecular weight excluding hydrogens is 450 g/mol. The Labute approximate surface area is 211 Å². The molecule has 36 heavy (non-hydrogen) atoms. The van der Waals surface area contributed by atoms with Crippen molar-refractivity contribution in [2.45, 2.75) is 39.7 Å². The highest BCUT2D eigenvalue weighted by Crippen LogP contribution is 2.35. The van der Waals surface area contributed by atoms with Crippen LogP contribution >= 0.6 is 0 Å². The Morgan fingerprint density at radius 1 is 0.917 bits per heavy atom. The molecule has 0 bridgehead atoms. The van der Waals surface area contributed by atoms with Crippen molar-refractivity contribution >= 4 is 11.3 Å². The van der Waals surface area contributed by atoms with Gasteiger partial charge in [0.05, 0.1) is 5.54 Å². The van der Waals surface area contributed by atoms with Gasteiger partial charge in [-0.1, -0.05) is 18.2 Å². The number of benzene rings is 1. The van der Waals surface area contributed by atoms with Gasteiger partial charge in [-0.25, -0.2) is 9.36 Å². The smallest absolute Gasteiger partial charge is 0.255 e. The van der Waals surface area contributed by atoms with Crippen molar-refractivity contribution in [3.8, 4) is 11.9 Å². The summed E-state index contributed by atoms with van der Waals surface area (Å²) in [5.74, 6) is 1.25. The molecule has 1 aromatic carbocycles. The Kier molecular flexibility index (Phi) is 6.24. The van der Waals surface area contributed by atoms with E-state index in [1.54, 1.807) is 34.2 Å². The molecular formula is C27H31N9. The quantitative estimate of drug-likeness (QED) is 0.427. The summed E-state index contributed by atoms with van der Waals surface area (Å²) >= 11 is 0. The van der Waals surface area contributed by atoms with E-state index in [0.29, 0.717) is 24.1 Å². The van der Waals surface area contributed by atoms with E-state index in [4.69, 9.17) is 5.73 Å². The van der Waals surface area contributed by atoms with Crippen LogP contribution in [0.4, 0.5) is 5.69 Å². The molecule has 0 saturated carbocycles. The number of allylic oxidation sites excluding steroid dienone is 2. The average Bonchev–Trinajstić information content (AvgIpc) is 3.60. The number of rotatable bonds is 7. The number of hydrogen-bond donors (Lipinski definition) is 1. The van der Waals surface area contributed by atoms with Crippen molar-refractivity contribution in [2.24, 2.45) is 5.73 Å². The number of aryl methyl sites for hydroxylation is 2. The molecule has 0 amide bonds. The molecule has 0 spiro atoms. The van der Waals surface area contributed by atoms with E-state index < -0.39 is 5.54 Å². The maximum atomic E-state index is 6.89. The number of nitrogens with zero attached hydrogens (tertiary/aromatic N) is 8. The number of aromatic nitrogens is 7. The first-order valence-electron chi connectivity index (χ1n) is 12.2. The number of anilines is 1. The van der Waals surface area contributed by atoms with Gasteiger partial charge in [0.1, 0.15) is 0 Å². The summed E-state index contributed by atoms with van der Waals surface area (Å²) < 4.78 is 3.19. The fourth-order valence-electron chi connectivity index (χ4n) is 4.71. The second kappa shape index (κ2) is 9.50. The molecule has 9 heteroatoms. The van der Waals surface area contributed by atoms with Gasteiger partial charge < -0.3 is 10.6 Å². The first-order valence-corrected chi connectivity index (χ1v) is 12.2. The van der Waals surface area contributed by atoms with Gasteiger partial charge in [0.15, 0.2) is 5.82 Å². The van der Waals surface area contributed by atoms with Crippen molar-refractivity contribution in [1.82, 2.24) is 34.5 Å². The van der Waals surface area contributed by atoms with Crippen molar-refractivity contribution in [3.05, 3.63) is 89.8 Å². The van der Waals surface area contributed by atoms with Crippen LogP contribution in [0.15, 0.2) is 67.3 Å². The minimum Gasteiger partial charge on any atom is -0.372 e. The summed E-state index contributed by atoms with van der Waals surface area (Å²) in [6, 6.07) is 8.18. The van der Waals surface area contributed by atoms with Crippen LogP contribution in [0, 0.1) is 13.8 Å². The summed E-state index contributed by atoms with van der Waals surface area (Å²) in [6.07, 6.45) is 13.8. The highest BCUT2D eigenvalue weighted by molar-refractivity contribution is 5.80. The van der Waals surface area contributed by atoms with E-state index in [0.717, 1.165) is 18.7 Å². The van der Waals surface area contributed by atoms with Crippen LogP contribution in [0.25, 0.3) is 17.5 Å². The lowest BCUT2D eigenvalue weighted by Crippen LogP contribution is -2.38. The van der Waals surface area contributed by atoms with E-state index >= 15 is 0 Å². The van der Waals surface area contributed by atoms with Crippen LogP contribution in [0.2, 0.25) is 0 Å². The SMILES string of the molecule is CCN(CC)c1cc(C)c(C2=CCC(N)(c3nc(-n4cccn4)nc(-n4cccn4)n3)C=C2)c(C)c1. The summed E-state index contributed by atoms with van der Waals surface area (Å²) in [7, 11) is 0. The molecule has 4 aromatic rings. The average molecular weight is 482 g/mol. The number of nitrogens with two attached hydrogens (primary N) is 1. The summed E-state index contributed by atoms with van der Waals surface area (Å²) in [4.78, 5) is 16.3. The Hall–Kier alpha value is -4.11. The molecule has 5 rings (SSSR count). The molecule has 1 unspecified atom stereocenters. The Morgan fingerprint density at radius 2 is 1.50 bits per heavy atom. The van der Waals surface area contributed by atoms with E-state index in [9.17, 15) is 0 Å².